The van der Waals surface area contributed by atoms with Crippen molar-refractivity contribution >= 4 is 11.7 Å². The van der Waals surface area contributed by atoms with Gasteiger partial charge in [-0.1, -0.05) is 19.0 Å². The number of carbonyl (C=O) groups is 1. The van der Waals surface area contributed by atoms with E-state index in [0.717, 1.165) is 0 Å². The van der Waals surface area contributed by atoms with Gasteiger partial charge in [0.15, 0.2) is 23.0 Å². The molecule has 0 fully saturated rings. The highest BCUT2D eigenvalue weighted by Crippen LogP contribution is 2.35. The number of halogens is 3. The molecule has 0 aromatic carbocycles. The van der Waals surface area contributed by atoms with Gasteiger partial charge in [0.2, 0.25) is 0 Å². The van der Waals surface area contributed by atoms with Crippen LogP contribution in [0, 0.1) is 6.92 Å². The SMILES string of the molecule is Cc1ccc(O)c(NC(=O)c2c(C(F)(F)F)noc2C(C)C)n1. The van der Waals surface area contributed by atoms with E-state index in [1.807, 2.05) is 0 Å². The van der Waals surface area contributed by atoms with Gasteiger partial charge in [0.1, 0.15) is 5.56 Å². The van der Waals surface area contributed by atoms with Crippen molar-refractivity contribution in [2.75, 3.05) is 5.32 Å². The lowest BCUT2D eigenvalue weighted by Crippen LogP contribution is -2.20. The van der Waals surface area contributed by atoms with Gasteiger partial charge in [-0.15, -0.1) is 0 Å². The molecule has 1 amide bonds. The molecule has 6 nitrogen and oxygen atoms in total. The van der Waals surface area contributed by atoms with Crippen molar-refractivity contribution in [2.45, 2.75) is 32.9 Å². The van der Waals surface area contributed by atoms with Crippen LogP contribution < -0.4 is 5.32 Å². The van der Waals surface area contributed by atoms with Crippen molar-refractivity contribution in [1.29, 1.82) is 0 Å². The molecular weight excluding hydrogens is 315 g/mol. The Morgan fingerprint density at radius 3 is 2.57 bits per heavy atom. The van der Waals surface area contributed by atoms with Gasteiger partial charge in [0.25, 0.3) is 5.91 Å². The molecule has 23 heavy (non-hydrogen) atoms. The largest absolute Gasteiger partial charge is 0.504 e. The lowest BCUT2D eigenvalue weighted by atomic mass is 10.0. The summed E-state index contributed by atoms with van der Waals surface area (Å²) in [6, 6.07) is 2.77. The third kappa shape index (κ3) is 3.43. The number of pyridine rings is 1. The summed E-state index contributed by atoms with van der Waals surface area (Å²) in [5, 5.41) is 14.8. The van der Waals surface area contributed by atoms with E-state index in [2.05, 4.69) is 20.0 Å². The van der Waals surface area contributed by atoms with Crippen LogP contribution in [0.2, 0.25) is 0 Å². The minimum atomic E-state index is -4.84. The van der Waals surface area contributed by atoms with Gasteiger partial charge < -0.3 is 14.9 Å². The molecule has 0 saturated carbocycles. The van der Waals surface area contributed by atoms with E-state index in [4.69, 9.17) is 0 Å². The molecule has 2 rings (SSSR count). The van der Waals surface area contributed by atoms with E-state index in [1.54, 1.807) is 20.8 Å². The van der Waals surface area contributed by atoms with Crippen LogP contribution in [0.4, 0.5) is 19.0 Å². The van der Waals surface area contributed by atoms with E-state index in [1.165, 1.54) is 12.1 Å². The Bertz CT molecular complexity index is 739. The van der Waals surface area contributed by atoms with E-state index in [9.17, 15) is 23.1 Å². The van der Waals surface area contributed by atoms with Crippen LogP contribution in [0.3, 0.4) is 0 Å². The van der Waals surface area contributed by atoms with Crippen LogP contribution in [0.15, 0.2) is 16.7 Å². The fourth-order valence-electron chi connectivity index (χ4n) is 1.92. The first-order valence-corrected chi connectivity index (χ1v) is 6.66. The van der Waals surface area contributed by atoms with Crippen molar-refractivity contribution in [2.24, 2.45) is 0 Å². The molecule has 0 atom stereocenters. The van der Waals surface area contributed by atoms with E-state index in [0.29, 0.717) is 5.69 Å². The molecule has 0 radical (unpaired) electrons. The lowest BCUT2D eigenvalue weighted by molar-refractivity contribution is -0.143. The summed E-state index contributed by atoms with van der Waals surface area (Å²) in [4.78, 5) is 16.1. The molecule has 2 heterocycles. The molecule has 2 N–H and O–H groups in total. The van der Waals surface area contributed by atoms with Gasteiger partial charge >= 0.3 is 6.18 Å². The third-order valence-electron chi connectivity index (χ3n) is 2.98. The third-order valence-corrected chi connectivity index (χ3v) is 2.98. The van der Waals surface area contributed by atoms with E-state index in [-0.39, 0.29) is 17.3 Å². The Balaban J connectivity index is 2.46. The summed E-state index contributed by atoms with van der Waals surface area (Å²) >= 11 is 0. The van der Waals surface area contributed by atoms with Crippen LogP contribution >= 0.6 is 0 Å². The normalized spacial score (nSPS) is 11.8. The average Bonchev–Trinajstić information content (AvgIpc) is 2.88. The van der Waals surface area contributed by atoms with Crippen molar-refractivity contribution in [1.82, 2.24) is 10.1 Å². The number of rotatable bonds is 3. The van der Waals surface area contributed by atoms with Gasteiger partial charge in [-0.05, 0) is 19.1 Å². The number of aromatic nitrogens is 2. The molecule has 0 spiro atoms. The molecule has 0 saturated heterocycles. The topological polar surface area (TPSA) is 88.2 Å². The van der Waals surface area contributed by atoms with Crippen molar-refractivity contribution in [3.63, 3.8) is 0 Å². The second kappa shape index (κ2) is 5.90. The zero-order valence-electron chi connectivity index (χ0n) is 12.5. The highest BCUT2D eigenvalue weighted by atomic mass is 19.4. The predicted molar refractivity (Wildman–Crippen MR) is 74.2 cm³/mol. The van der Waals surface area contributed by atoms with E-state index < -0.39 is 29.3 Å². The van der Waals surface area contributed by atoms with Crippen LogP contribution in [0.25, 0.3) is 0 Å². The maximum atomic E-state index is 13.0. The number of hydrogen-bond donors (Lipinski definition) is 2. The molecule has 2 aromatic heterocycles. The number of anilines is 1. The number of amides is 1. The van der Waals surface area contributed by atoms with Crippen molar-refractivity contribution < 1.29 is 27.6 Å². The molecule has 2 aromatic rings. The maximum absolute atomic E-state index is 13.0. The summed E-state index contributed by atoms with van der Waals surface area (Å²) in [6.07, 6.45) is -4.84. The average molecular weight is 329 g/mol. The van der Waals surface area contributed by atoms with Crippen molar-refractivity contribution in [3.8, 4) is 5.75 Å². The van der Waals surface area contributed by atoms with Crippen LogP contribution in [-0.4, -0.2) is 21.2 Å². The summed E-state index contributed by atoms with van der Waals surface area (Å²) < 4.78 is 43.7. The number of nitrogens with zero attached hydrogens (tertiary/aromatic N) is 2. The Hall–Kier alpha value is -2.58. The molecule has 0 bridgehead atoms. The van der Waals surface area contributed by atoms with Crippen LogP contribution in [0.5, 0.6) is 5.75 Å². The zero-order chi connectivity index (χ0) is 17.4. The Morgan fingerprint density at radius 2 is 2.00 bits per heavy atom. The predicted octanol–water partition coefficient (Wildman–Crippen LogP) is 3.48. The first-order valence-electron chi connectivity index (χ1n) is 6.66. The van der Waals surface area contributed by atoms with Gasteiger partial charge in [0.05, 0.1) is 0 Å². The minimum Gasteiger partial charge on any atom is -0.504 e. The fourth-order valence-corrected chi connectivity index (χ4v) is 1.92. The second-order valence-corrected chi connectivity index (χ2v) is 5.20. The Morgan fingerprint density at radius 1 is 1.35 bits per heavy atom. The molecule has 0 aliphatic rings. The molecular formula is C14H14F3N3O3. The minimum absolute atomic E-state index is 0.193. The summed E-state index contributed by atoms with van der Waals surface area (Å²) in [5.41, 5.74) is -1.65. The molecule has 0 aliphatic carbocycles. The number of carbonyl (C=O) groups excluding carboxylic acids is 1. The van der Waals surface area contributed by atoms with Gasteiger partial charge in [0, 0.05) is 11.6 Å². The molecule has 124 valence electrons. The lowest BCUT2D eigenvalue weighted by Gasteiger charge is -2.10. The maximum Gasteiger partial charge on any atom is 0.437 e. The first kappa shape index (κ1) is 16.8. The van der Waals surface area contributed by atoms with Crippen molar-refractivity contribution in [3.05, 3.63) is 34.8 Å². The fraction of sp³-hybridized carbons (Fsp3) is 0.357. The smallest absolute Gasteiger partial charge is 0.437 e. The molecule has 0 aliphatic heterocycles. The standard InChI is InChI=1S/C14H14F3N3O3/c1-6(2)10-9(11(20-23-10)14(15,16)17)13(22)19-12-8(21)5-4-7(3)18-12/h4-6,21H,1-3H3,(H,18,19,22). The highest BCUT2D eigenvalue weighted by molar-refractivity contribution is 6.06. The quantitative estimate of drug-likeness (QED) is 0.900. The van der Waals surface area contributed by atoms with Gasteiger partial charge in [-0.2, -0.15) is 13.2 Å². The number of aromatic hydroxyl groups is 1. The number of aryl methyl sites for hydroxylation is 1. The number of alkyl halides is 3. The second-order valence-electron chi connectivity index (χ2n) is 5.20. The highest BCUT2D eigenvalue weighted by Gasteiger charge is 2.42. The number of nitrogens with one attached hydrogen (secondary N) is 1. The Labute approximate surface area is 129 Å². The van der Waals surface area contributed by atoms with Crippen LogP contribution in [0.1, 0.15) is 47.3 Å². The summed E-state index contributed by atoms with van der Waals surface area (Å²) in [5.74, 6) is -2.38. The molecule has 9 heteroatoms. The summed E-state index contributed by atoms with van der Waals surface area (Å²) in [7, 11) is 0. The Kier molecular flexibility index (Phi) is 4.31. The van der Waals surface area contributed by atoms with Gasteiger partial charge in [-0.3, -0.25) is 4.79 Å². The van der Waals surface area contributed by atoms with Crippen LogP contribution in [-0.2, 0) is 6.18 Å². The number of hydrogen-bond acceptors (Lipinski definition) is 5. The monoisotopic (exact) mass is 329 g/mol. The van der Waals surface area contributed by atoms with Gasteiger partial charge in [-0.25, -0.2) is 4.98 Å². The first-order chi connectivity index (χ1) is 10.6. The zero-order valence-corrected chi connectivity index (χ0v) is 12.5. The molecule has 0 unspecified atom stereocenters. The summed E-state index contributed by atoms with van der Waals surface area (Å²) in [6.45, 7) is 4.74. The van der Waals surface area contributed by atoms with E-state index >= 15 is 0 Å².